The Kier molecular flexibility index (Phi) is 14.1. The minimum absolute atomic E-state index is 0.319. The summed E-state index contributed by atoms with van der Waals surface area (Å²) in [4.78, 5) is 29.6. The summed E-state index contributed by atoms with van der Waals surface area (Å²) in [6, 6.07) is 122. The second-order valence-corrected chi connectivity index (χ2v) is 28.0. The second kappa shape index (κ2) is 24.8. The van der Waals surface area contributed by atoms with Crippen LogP contribution in [0.3, 0.4) is 0 Å². The predicted octanol–water partition coefficient (Wildman–Crippen LogP) is 24.8. The van der Waals surface area contributed by atoms with Crippen LogP contribution in [0, 0.1) is 5.82 Å². The van der Waals surface area contributed by atoms with E-state index in [2.05, 4.69) is 272 Å². The standard InChI is InChI=1S/C49H29N5.C25H16FN3.C25H15N/c1-2-15-31(16-3-1)47-50-48(37-24-10-17-30-14-4-5-18-32(30)37)52-49(51-47)38-20-7-9-26-40(38)53-41-27-12-21-34-36-23-11-22-35-33-19-6-8-25-39(33)54(46(35)36)43-29-13-28-42(53)45(43)44(34)41;26-22-16-7-6-14-21(22)25-28-23(18-10-2-1-3-11-18)27-24(29-25)20-15-8-12-17-9-4-5-13-19(17)20;1-2-12-21-17(8-1)19-10-5-11-20-18-9-3-6-15-14-16-7-4-13-22(24(16)23(15)18)26(21)25(19)20/h1-29H;1-16H;1-13H,14H2. The summed E-state index contributed by atoms with van der Waals surface area (Å²) < 4.78 is 21.9. The maximum Gasteiger partial charge on any atom is 0.167 e. The van der Waals surface area contributed by atoms with Gasteiger partial charge in [0.15, 0.2) is 34.9 Å². The number of hydrogen-bond acceptors (Lipinski definition) is 6. The number of para-hydroxylation sites is 5. The smallest absolute Gasteiger partial charge is 0.167 e. The number of halogens is 1. The zero-order valence-electron chi connectivity index (χ0n) is 58.6. The monoisotopic (exact) mass is 1390 g/mol. The lowest BCUT2D eigenvalue weighted by Crippen LogP contribution is -2.03. The lowest BCUT2D eigenvalue weighted by atomic mass is 9.93. The van der Waals surface area contributed by atoms with Crippen LogP contribution in [0.1, 0.15) is 11.1 Å². The Morgan fingerprint density at radius 1 is 0.229 bits per heavy atom. The summed E-state index contributed by atoms with van der Waals surface area (Å²) >= 11 is 0. The average molecular weight is 1390 g/mol. The number of benzene rings is 16. The zero-order chi connectivity index (χ0) is 71.8. The molecule has 1 aliphatic heterocycles. The molecule has 22 aromatic rings. The Hall–Kier alpha value is -14.6. The predicted molar refractivity (Wildman–Crippen MR) is 444 cm³/mol. The van der Waals surface area contributed by atoms with Gasteiger partial charge in [-0.2, -0.15) is 0 Å². The van der Waals surface area contributed by atoms with E-state index in [1.165, 1.54) is 116 Å². The van der Waals surface area contributed by atoms with Gasteiger partial charge in [-0.25, -0.2) is 34.3 Å². The highest BCUT2D eigenvalue weighted by Crippen LogP contribution is 2.53. The molecule has 16 aromatic carbocycles. The minimum Gasteiger partial charge on any atom is -0.308 e. The molecule has 0 bridgehead atoms. The van der Waals surface area contributed by atoms with Crippen LogP contribution in [0.2, 0.25) is 0 Å². The Balaban J connectivity index is 0.000000112. The molecule has 7 heterocycles. The highest BCUT2D eigenvalue weighted by Gasteiger charge is 2.32. The second-order valence-electron chi connectivity index (χ2n) is 28.0. The molecule has 0 spiro atoms. The van der Waals surface area contributed by atoms with E-state index in [0.29, 0.717) is 40.5 Å². The van der Waals surface area contributed by atoms with Gasteiger partial charge in [-0.3, -0.25) is 0 Å². The zero-order valence-corrected chi connectivity index (χ0v) is 58.6. The van der Waals surface area contributed by atoms with Crippen molar-refractivity contribution < 1.29 is 4.39 Å². The van der Waals surface area contributed by atoms with E-state index >= 15 is 0 Å². The molecule has 0 radical (unpaired) electrons. The number of fused-ring (bicyclic) bond motifs is 12. The fraction of sp³-hybridized carbons (Fsp3) is 0.0101. The summed E-state index contributed by atoms with van der Waals surface area (Å²) in [6.45, 7) is 0. The molecule has 0 amide bonds. The average Bonchev–Trinajstić information content (AvgIpc) is 1.53. The van der Waals surface area contributed by atoms with E-state index < -0.39 is 0 Å². The van der Waals surface area contributed by atoms with Crippen LogP contribution in [0.4, 0.5) is 4.39 Å². The molecule has 508 valence electrons. The van der Waals surface area contributed by atoms with Gasteiger partial charge in [0.1, 0.15) is 5.82 Å². The first kappa shape index (κ1) is 61.8. The van der Waals surface area contributed by atoms with Crippen LogP contribution in [-0.4, -0.2) is 43.4 Å². The molecule has 9 nitrogen and oxygen atoms in total. The molecular formula is C99H60FN9. The van der Waals surface area contributed by atoms with Crippen LogP contribution in [-0.2, 0) is 6.42 Å². The van der Waals surface area contributed by atoms with Gasteiger partial charge in [-0.1, -0.05) is 291 Å². The fourth-order valence-electron chi connectivity index (χ4n) is 17.4. The SMILES string of the molecule is Fc1ccccc1-c1nc(-c2ccccc2)nc(-c2cccc3ccccc23)n1.c1cc2c3c(c1)-c1cccc4c5ccccc5n(c14)-c1cccc(c1-3)C2.c1ccc(-c2nc(-c3ccccc3-n3c4cccc5c6cccc7c8ccccc8n(c8cccc3c8c54)c67)nc(-c3cccc4ccccc34)n2)cc1. The highest BCUT2D eigenvalue weighted by atomic mass is 19.1. The van der Waals surface area contributed by atoms with Crippen molar-refractivity contribution in [3.05, 3.63) is 369 Å². The third-order valence-electron chi connectivity index (χ3n) is 22.1. The molecule has 0 unspecified atom stereocenters. The summed E-state index contributed by atoms with van der Waals surface area (Å²) in [5.41, 5.74) is 24.3. The molecule has 10 heteroatoms. The van der Waals surface area contributed by atoms with Crippen molar-refractivity contribution in [1.82, 2.24) is 43.4 Å². The molecule has 0 fully saturated rings. The van der Waals surface area contributed by atoms with E-state index in [1.807, 2.05) is 78.9 Å². The van der Waals surface area contributed by atoms with Crippen LogP contribution in [0.5, 0.6) is 0 Å². The van der Waals surface area contributed by atoms with E-state index in [0.717, 1.165) is 72.5 Å². The van der Waals surface area contributed by atoms with Crippen molar-refractivity contribution in [3.8, 4) is 102 Å². The summed E-state index contributed by atoms with van der Waals surface area (Å²) in [7, 11) is 0. The molecule has 24 rings (SSSR count). The number of hydrogen-bond donors (Lipinski definition) is 0. The first-order valence-electron chi connectivity index (χ1n) is 36.8. The lowest BCUT2D eigenvalue weighted by molar-refractivity contribution is 0.630. The van der Waals surface area contributed by atoms with E-state index in [4.69, 9.17) is 19.9 Å². The van der Waals surface area contributed by atoms with E-state index in [-0.39, 0.29) is 5.82 Å². The molecule has 0 N–H and O–H groups in total. The molecule has 1 aliphatic carbocycles. The van der Waals surface area contributed by atoms with Crippen LogP contribution in [0.25, 0.3) is 205 Å². The third kappa shape index (κ3) is 9.71. The van der Waals surface area contributed by atoms with E-state index in [9.17, 15) is 4.39 Å². The summed E-state index contributed by atoms with van der Waals surface area (Å²) in [6.07, 6.45) is 1.04. The first-order chi connectivity index (χ1) is 54.0. The molecule has 6 aromatic heterocycles. The summed E-state index contributed by atoms with van der Waals surface area (Å²) in [5.74, 6) is 2.91. The van der Waals surface area contributed by atoms with E-state index in [1.54, 1.807) is 18.2 Å². The van der Waals surface area contributed by atoms with Crippen molar-refractivity contribution in [1.29, 1.82) is 0 Å². The maximum absolute atomic E-state index is 14.5. The lowest BCUT2D eigenvalue weighted by Gasteiger charge is -2.15. The van der Waals surface area contributed by atoms with Gasteiger partial charge < -0.3 is 13.5 Å². The quantitative estimate of drug-likeness (QED) is 0.158. The van der Waals surface area contributed by atoms with Gasteiger partial charge >= 0.3 is 0 Å². The minimum atomic E-state index is -0.360. The fourth-order valence-corrected chi connectivity index (χ4v) is 17.4. The highest BCUT2D eigenvalue weighted by molar-refractivity contribution is 6.31. The maximum atomic E-state index is 14.5. The molecule has 2 aliphatic rings. The van der Waals surface area contributed by atoms with Crippen LogP contribution >= 0.6 is 0 Å². The Morgan fingerprint density at radius 2 is 0.624 bits per heavy atom. The van der Waals surface area contributed by atoms with Gasteiger partial charge in [-0.15, -0.1) is 0 Å². The Bertz CT molecular complexity index is 7470. The largest absolute Gasteiger partial charge is 0.308 e. The van der Waals surface area contributed by atoms with Gasteiger partial charge in [-0.05, 0) is 116 Å². The number of nitrogens with zero attached hydrogens (tertiary/aromatic N) is 9. The number of aromatic nitrogens is 9. The molecular weight excluding hydrogens is 1330 g/mol. The van der Waals surface area contributed by atoms with Crippen molar-refractivity contribution >= 4 is 103 Å². The molecule has 0 atom stereocenters. The first-order valence-corrected chi connectivity index (χ1v) is 36.8. The van der Waals surface area contributed by atoms with Gasteiger partial charge in [0, 0.05) is 76.6 Å². The van der Waals surface area contributed by atoms with Crippen LogP contribution in [0.15, 0.2) is 352 Å². The van der Waals surface area contributed by atoms with Crippen molar-refractivity contribution in [3.63, 3.8) is 0 Å². The Morgan fingerprint density at radius 3 is 1.30 bits per heavy atom. The number of rotatable bonds is 7. The molecule has 0 saturated carbocycles. The Labute approximate surface area is 624 Å². The summed E-state index contributed by atoms with van der Waals surface area (Å²) in [5, 5.41) is 14.5. The van der Waals surface area contributed by atoms with Gasteiger partial charge in [0.25, 0.3) is 0 Å². The topological polar surface area (TPSA) is 91.6 Å². The van der Waals surface area contributed by atoms with Crippen LogP contribution < -0.4 is 0 Å². The third-order valence-corrected chi connectivity index (χ3v) is 22.1. The van der Waals surface area contributed by atoms with Crippen molar-refractivity contribution in [2.45, 2.75) is 6.42 Å². The van der Waals surface area contributed by atoms with Gasteiger partial charge in [0.2, 0.25) is 0 Å². The van der Waals surface area contributed by atoms with Gasteiger partial charge in [0.05, 0.1) is 55.6 Å². The van der Waals surface area contributed by atoms with Crippen molar-refractivity contribution in [2.75, 3.05) is 0 Å². The normalized spacial score (nSPS) is 12.0. The molecule has 0 saturated heterocycles. The van der Waals surface area contributed by atoms with Crippen molar-refractivity contribution in [2.24, 2.45) is 0 Å². The molecule has 109 heavy (non-hydrogen) atoms.